The number of anilines is 1. The van der Waals surface area contributed by atoms with Crippen molar-refractivity contribution in [1.29, 1.82) is 0 Å². The van der Waals surface area contributed by atoms with Crippen LogP contribution in [0, 0.1) is 0 Å². The zero-order chi connectivity index (χ0) is 20.0. The topological polar surface area (TPSA) is 170 Å². The second-order valence-corrected chi connectivity index (χ2v) is 6.54. The summed E-state index contributed by atoms with van der Waals surface area (Å²) in [6.07, 6.45) is -3.39. The number of hydrogen-bond donors (Lipinski definition) is 5. The van der Waals surface area contributed by atoms with Gasteiger partial charge in [0.25, 0.3) is 5.91 Å². The number of nitrogens with two attached hydrogens (primary N) is 2. The Morgan fingerprint density at radius 2 is 1.89 bits per heavy atom. The molecule has 0 radical (unpaired) electrons. The smallest absolute Gasteiger partial charge is 0.251 e. The molecule has 2 aromatic heterocycles. The molecular formula is C18H19N5O5. The van der Waals surface area contributed by atoms with Crippen molar-refractivity contribution in [2.75, 3.05) is 12.3 Å². The maximum absolute atomic E-state index is 11.9. The van der Waals surface area contributed by atoms with Gasteiger partial charge in [0.2, 0.25) is 0 Å². The number of carbonyl (C=O) groups is 1. The summed E-state index contributed by atoms with van der Waals surface area (Å²) in [6.45, 7) is -0.483. The molecule has 1 aliphatic heterocycles. The average Bonchev–Trinajstić information content (AvgIpc) is 3.21. The fourth-order valence-electron chi connectivity index (χ4n) is 3.38. The summed E-state index contributed by atoms with van der Waals surface area (Å²) < 4.78 is 6.95. The molecule has 0 bridgehead atoms. The van der Waals surface area contributed by atoms with Crippen molar-refractivity contribution in [1.82, 2.24) is 14.5 Å². The molecule has 0 saturated carbocycles. The first-order valence-electron chi connectivity index (χ1n) is 8.58. The van der Waals surface area contributed by atoms with Gasteiger partial charge in [-0.05, 0) is 0 Å². The number of benzene rings is 1. The van der Waals surface area contributed by atoms with Gasteiger partial charge in [-0.1, -0.05) is 30.3 Å². The van der Waals surface area contributed by atoms with Crippen LogP contribution in [-0.2, 0) is 4.74 Å². The number of ether oxygens (including phenoxy) is 1. The lowest BCUT2D eigenvalue weighted by Gasteiger charge is -2.17. The van der Waals surface area contributed by atoms with E-state index in [0.717, 1.165) is 0 Å². The molecular weight excluding hydrogens is 366 g/mol. The number of rotatable bonds is 4. The van der Waals surface area contributed by atoms with Gasteiger partial charge >= 0.3 is 0 Å². The molecule has 1 amide bonds. The summed E-state index contributed by atoms with van der Waals surface area (Å²) >= 11 is 0. The largest absolute Gasteiger partial charge is 0.394 e. The van der Waals surface area contributed by atoms with Crippen LogP contribution in [0.5, 0.6) is 0 Å². The zero-order valence-corrected chi connectivity index (χ0v) is 14.6. The molecule has 1 aromatic carbocycles. The van der Waals surface area contributed by atoms with Crippen LogP contribution in [-0.4, -0.2) is 60.7 Å². The number of carbonyl (C=O) groups excluding carboxylic acids is 1. The zero-order valence-electron chi connectivity index (χ0n) is 14.6. The SMILES string of the molecule is NC(=O)c1cn([C@@H]2O[C@H](CO)[C@@H](O)[C@H]2O)c2nc(-c3ccccc3)nc(N)c12. The summed E-state index contributed by atoms with van der Waals surface area (Å²) in [5.41, 5.74) is 12.5. The van der Waals surface area contributed by atoms with Crippen molar-refractivity contribution in [3.63, 3.8) is 0 Å². The number of hydrogen-bond acceptors (Lipinski definition) is 8. The van der Waals surface area contributed by atoms with Gasteiger partial charge < -0.3 is 36.1 Å². The third kappa shape index (κ3) is 2.79. The van der Waals surface area contributed by atoms with Crippen molar-refractivity contribution in [2.45, 2.75) is 24.5 Å². The number of nitrogen functional groups attached to an aromatic ring is 1. The fourth-order valence-corrected chi connectivity index (χ4v) is 3.38. The maximum Gasteiger partial charge on any atom is 0.251 e. The average molecular weight is 385 g/mol. The van der Waals surface area contributed by atoms with Gasteiger partial charge in [-0.3, -0.25) is 4.79 Å². The minimum absolute atomic E-state index is 0.0446. The number of primary amides is 1. The van der Waals surface area contributed by atoms with Crippen molar-refractivity contribution >= 4 is 22.8 Å². The molecule has 4 atom stereocenters. The van der Waals surface area contributed by atoms with Crippen LogP contribution < -0.4 is 11.5 Å². The first-order valence-corrected chi connectivity index (χ1v) is 8.58. The highest BCUT2D eigenvalue weighted by Gasteiger charge is 2.44. The third-order valence-electron chi connectivity index (χ3n) is 4.79. The van der Waals surface area contributed by atoms with Crippen molar-refractivity contribution < 1.29 is 24.9 Å². The van der Waals surface area contributed by atoms with E-state index in [2.05, 4.69) is 9.97 Å². The van der Waals surface area contributed by atoms with Crippen LogP contribution in [0.4, 0.5) is 5.82 Å². The monoisotopic (exact) mass is 385 g/mol. The van der Waals surface area contributed by atoms with Crippen LogP contribution in [0.15, 0.2) is 36.5 Å². The second kappa shape index (κ2) is 6.84. The van der Waals surface area contributed by atoms with Crippen LogP contribution >= 0.6 is 0 Å². The normalized spacial score (nSPS) is 24.7. The Kier molecular flexibility index (Phi) is 4.47. The van der Waals surface area contributed by atoms with Crippen molar-refractivity contribution in [3.8, 4) is 11.4 Å². The number of fused-ring (bicyclic) bond motifs is 1. The Labute approximate surface area is 159 Å². The molecule has 0 aliphatic carbocycles. The molecule has 10 nitrogen and oxygen atoms in total. The molecule has 0 unspecified atom stereocenters. The summed E-state index contributed by atoms with van der Waals surface area (Å²) in [6, 6.07) is 9.08. The van der Waals surface area contributed by atoms with E-state index in [-0.39, 0.29) is 22.4 Å². The molecule has 10 heteroatoms. The van der Waals surface area contributed by atoms with Crippen molar-refractivity contribution in [2.24, 2.45) is 5.73 Å². The van der Waals surface area contributed by atoms with Gasteiger partial charge in [-0.25, -0.2) is 9.97 Å². The molecule has 4 rings (SSSR count). The number of aromatic nitrogens is 3. The Morgan fingerprint density at radius 1 is 1.18 bits per heavy atom. The molecule has 3 heterocycles. The van der Waals surface area contributed by atoms with Crippen LogP contribution in [0.3, 0.4) is 0 Å². The first-order chi connectivity index (χ1) is 13.4. The first kappa shape index (κ1) is 18.3. The molecule has 1 saturated heterocycles. The number of aliphatic hydroxyl groups is 3. The van der Waals surface area contributed by atoms with E-state index in [0.29, 0.717) is 11.4 Å². The molecule has 0 spiro atoms. The Balaban J connectivity index is 1.93. The second-order valence-electron chi connectivity index (χ2n) is 6.54. The van der Waals surface area contributed by atoms with Gasteiger partial charge in [0.1, 0.15) is 29.8 Å². The van der Waals surface area contributed by atoms with Gasteiger partial charge in [0.15, 0.2) is 12.1 Å². The van der Waals surface area contributed by atoms with Gasteiger partial charge in [-0.2, -0.15) is 0 Å². The number of aliphatic hydroxyl groups excluding tert-OH is 3. The standard InChI is InChI=1S/C18H19N5O5/c19-14-11-9(15(20)27)6-23(18-13(26)12(25)10(7-24)28-18)17(11)22-16(21-14)8-4-2-1-3-5-8/h1-6,10,12-13,18,24-26H,7H2,(H2,20,27)(H2,19,21,22)/t10-,12-,13-,18-/m1/s1. The van der Waals surface area contributed by atoms with E-state index in [1.807, 2.05) is 18.2 Å². The maximum atomic E-state index is 11.9. The van der Waals surface area contributed by atoms with Crippen LogP contribution in [0.2, 0.25) is 0 Å². The molecule has 146 valence electrons. The predicted molar refractivity (Wildman–Crippen MR) is 98.9 cm³/mol. The number of nitrogens with zero attached hydrogens (tertiary/aromatic N) is 3. The molecule has 7 N–H and O–H groups in total. The predicted octanol–water partition coefficient (Wildman–Crippen LogP) is -0.609. The van der Waals surface area contributed by atoms with E-state index in [4.69, 9.17) is 16.2 Å². The Morgan fingerprint density at radius 3 is 2.50 bits per heavy atom. The van der Waals surface area contributed by atoms with Crippen LogP contribution in [0.25, 0.3) is 22.4 Å². The van der Waals surface area contributed by atoms with E-state index in [9.17, 15) is 20.1 Å². The summed E-state index contributed by atoms with van der Waals surface area (Å²) in [7, 11) is 0. The van der Waals surface area contributed by atoms with Gasteiger partial charge in [0, 0.05) is 11.8 Å². The lowest BCUT2D eigenvalue weighted by molar-refractivity contribution is -0.0508. The fraction of sp³-hybridized carbons (Fsp3) is 0.278. The molecule has 1 aliphatic rings. The highest BCUT2D eigenvalue weighted by molar-refractivity contribution is 6.09. The van der Waals surface area contributed by atoms with Gasteiger partial charge in [-0.15, -0.1) is 0 Å². The molecule has 3 aromatic rings. The Bertz CT molecular complexity index is 1040. The van der Waals surface area contributed by atoms with E-state index in [1.165, 1.54) is 10.8 Å². The van der Waals surface area contributed by atoms with Gasteiger partial charge in [0.05, 0.1) is 17.6 Å². The number of amides is 1. The summed E-state index contributed by atoms with van der Waals surface area (Å²) in [4.78, 5) is 20.7. The third-order valence-corrected chi connectivity index (χ3v) is 4.79. The van der Waals surface area contributed by atoms with Crippen LogP contribution in [0.1, 0.15) is 16.6 Å². The van der Waals surface area contributed by atoms with E-state index < -0.39 is 37.1 Å². The molecule has 28 heavy (non-hydrogen) atoms. The minimum Gasteiger partial charge on any atom is -0.394 e. The highest BCUT2D eigenvalue weighted by atomic mass is 16.6. The lowest BCUT2D eigenvalue weighted by atomic mass is 10.1. The van der Waals surface area contributed by atoms with E-state index >= 15 is 0 Å². The Hall–Kier alpha value is -3.05. The summed E-state index contributed by atoms with van der Waals surface area (Å²) in [5, 5.41) is 30.0. The minimum atomic E-state index is -1.36. The quantitative estimate of drug-likeness (QED) is 0.396. The molecule has 1 fully saturated rings. The van der Waals surface area contributed by atoms with Crippen molar-refractivity contribution in [3.05, 3.63) is 42.1 Å². The summed E-state index contributed by atoms with van der Waals surface area (Å²) in [5.74, 6) is -0.394. The lowest BCUT2D eigenvalue weighted by Crippen LogP contribution is -2.33. The van der Waals surface area contributed by atoms with E-state index in [1.54, 1.807) is 12.1 Å². The highest BCUT2D eigenvalue weighted by Crippen LogP contribution is 2.35.